The van der Waals surface area contributed by atoms with Crippen LogP contribution in [0.3, 0.4) is 0 Å². The quantitative estimate of drug-likeness (QED) is 0.322. The van der Waals surface area contributed by atoms with E-state index in [1.54, 1.807) is 23.1 Å². The summed E-state index contributed by atoms with van der Waals surface area (Å²) in [5.41, 5.74) is 1.85. The SMILES string of the molecule is O=C(NC1CCCCC1)[C@@H](c1ccc(F)cc1)N(C(=O)c1ccc(CN2CCOCC2)o1)C1CCN(Cc2ccccc2)CC1. The van der Waals surface area contributed by atoms with Gasteiger partial charge in [0.1, 0.15) is 17.6 Å². The van der Waals surface area contributed by atoms with Crippen LogP contribution < -0.4 is 5.32 Å². The summed E-state index contributed by atoms with van der Waals surface area (Å²) in [5.74, 6) is 0.0352. The first-order valence-electron chi connectivity index (χ1n) is 16.6. The molecule has 3 aliphatic rings. The second-order valence-electron chi connectivity index (χ2n) is 12.7. The van der Waals surface area contributed by atoms with Crippen LogP contribution in [0.15, 0.2) is 71.1 Å². The summed E-state index contributed by atoms with van der Waals surface area (Å²) < 4.78 is 25.8. The molecule has 2 amide bonds. The van der Waals surface area contributed by atoms with E-state index < -0.39 is 6.04 Å². The topological polar surface area (TPSA) is 78.3 Å². The van der Waals surface area contributed by atoms with Gasteiger partial charge in [0.05, 0.1) is 19.8 Å². The summed E-state index contributed by atoms with van der Waals surface area (Å²) in [7, 11) is 0. The summed E-state index contributed by atoms with van der Waals surface area (Å²) in [6, 6.07) is 19.0. The van der Waals surface area contributed by atoms with E-state index >= 15 is 0 Å². The molecule has 3 heterocycles. The molecule has 1 aliphatic carbocycles. The van der Waals surface area contributed by atoms with Crippen LogP contribution >= 0.6 is 0 Å². The van der Waals surface area contributed by atoms with Gasteiger partial charge >= 0.3 is 0 Å². The third-order valence-corrected chi connectivity index (χ3v) is 9.45. The van der Waals surface area contributed by atoms with Gasteiger partial charge in [-0.3, -0.25) is 19.4 Å². The van der Waals surface area contributed by atoms with Gasteiger partial charge in [0, 0.05) is 44.8 Å². The van der Waals surface area contributed by atoms with E-state index in [1.807, 2.05) is 12.1 Å². The smallest absolute Gasteiger partial charge is 0.290 e. The van der Waals surface area contributed by atoms with Gasteiger partial charge < -0.3 is 19.4 Å². The van der Waals surface area contributed by atoms with Gasteiger partial charge in [-0.2, -0.15) is 0 Å². The number of hydrogen-bond acceptors (Lipinski definition) is 6. The number of furan rings is 1. The molecule has 1 aromatic heterocycles. The van der Waals surface area contributed by atoms with Crippen molar-refractivity contribution in [1.29, 1.82) is 0 Å². The third-order valence-electron chi connectivity index (χ3n) is 9.45. The van der Waals surface area contributed by atoms with E-state index in [2.05, 4.69) is 39.4 Å². The highest BCUT2D eigenvalue weighted by Crippen LogP contribution is 2.32. The molecular formula is C36H45FN4O4. The molecule has 1 atom stereocenters. The number of carbonyl (C=O) groups is 2. The summed E-state index contributed by atoms with van der Waals surface area (Å²) in [5, 5.41) is 3.27. The lowest BCUT2D eigenvalue weighted by Crippen LogP contribution is -2.53. The number of likely N-dealkylation sites (tertiary alicyclic amines) is 1. The standard InChI is InChI=1S/C36H45FN4O4/c37-29-13-11-28(12-14-29)34(35(42)38-30-9-5-2-6-10-30)41(31-17-19-39(20-18-31)25-27-7-3-1-4-8-27)36(43)33-16-15-32(45-33)26-40-21-23-44-24-22-40/h1,3-4,7-8,11-16,30-31,34H,2,5-6,9-10,17-26H2,(H,38,42)/t34-/m1/s1. The van der Waals surface area contributed by atoms with Crippen molar-refractivity contribution < 1.29 is 23.1 Å². The molecule has 0 bridgehead atoms. The minimum absolute atomic E-state index is 0.0719. The number of nitrogens with zero attached hydrogens (tertiary/aromatic N) is 3. The van der Waals surface area contributed by atoms with Crippen molar-refractivity contribution >= 4 is 11.8 Å². The fourth-order valence-corrected chi connectivity index (χ4v) is 6.99. The zero-order chi connectivity index (χ0) is 31.0. The van der Waals surface area contributed by atoms with Crippen LogP contribution in [0.4, 0.5) is 4.39 Å². The first kappa shape index (κ1) is 31.5. The minimum atomic E-state index is -0.904. The van der Waals surface area contributed by atoms with Gasteiger partial charge in [-0.1, -0.05) is 61.7 Å². The largest absolute Gasteiger partial charge is 0.455 e. The predicted octanol–water partition coefficient (Wildman–Crippen LogP) is 5.55. The third kappa shape index (κ3) is 8.20. The Kier molecular flexibility index (Phi) is 10.6. The van der Waals surface area contributed by atoms with Gasteiger partial charge in [-0.05, 0) is 61.1 Å². The Labute approximate surface area is 265 Å². The van der Waals surface area contributed by atoms with Crippen LogP contribution in [-0.4, -0.2) is 78.0 Å². The molecule has 1 saturated carbocycles. The second-order valence-corrected chi connectivity index (χ2v) is 12.7. The Balaban J connectivity index is 1.28. The molecule has 2 aliphatic heterocycles. The van der Waals surface area contributed by atoms with E-state index in [4.69, 9.17) is 9.15 Å². The molecule has 0 unspecified atom stereocenters. The van der Waals surface area contributed by atoms with Gasteiger partial charge in [-0.25, -0.2) is 4.39 Å². The van der Waals surface area contributed by atoms with Crippen LogP contribution in [0.1, 0.15) is 78.4 Å². The number of nitrogens with one attached hydrogen (secondary N) is 1. The second kappa shape index (κ2) is 15.2. The summed E-state index contributed by atoms with van der Waals surface area (Å²) in [6.07, 6.45) is 6.61. The Morgan fingerprint density at radius 3 is 2.22 bits per heavy atom. The molecule has 8 nitrogen and oxygen atoms in total. The Morgan fingerprint density at radius 2 is 1.51 bits per heavy atom. The number of benzene rings is 2. The molecule has 6 rings (SSSR count). The van der Waals surface area contributed by atoms with Crippen molar-refractivity contribution in [3.8, 4) is 0 Å². The molecule has 2 saturated heterocycles. The molecule has 240 valence electrons. The number of morpholine rings is 1. The van der Waals surface area contributed by atoms with Crippen LogP contribution in [-0.2, 0) is 22.6 Å². The van der Waals surface area contributed by atoms with E-state index in [1.165, 1.54) is 24.1 Å². The van der Waals surface area contributed by atoms with Gasteiger partial charge in [-0.15, -0.1) is 0 Å². The predicted molar refractivity (Wildman–Crippen MR) is 170 cm³/mol. The van der Waals surface area contributed by atoms with Crippen LogP contribution in [0.25, 0.3) is 0 Å². The molecule has 9 heteroatoms. The molecule has 1 N–H and O–H groups in total. The zero-order valence-corrected chi connectivity index (χ0v) is 26.0. The number of hydrogen-bond donors (Lipinski definition) is 1. The van der Waals surface area contributed by atoms with Crippen molar-refractivity contribution in [3.63, 3.8) is 0 Å². The van der Waals surface area contributed by atoms with Crippen molar-refractivity contribution in [2.45, 2.75) is 76.2 Å². The summed E-state index contributed by atoms with van der Waals surface area (Å²) in [6.45, 7) is 6.01. The monoisotopic (exact) mass is 616 g/mol. The zero-order valence-electron chi connectivity index (χ0n) is 26.0. The van der Waals surface area contributed by atoms with Crippen molar-refractivity contribution in [3.05, 3.63) is 95.2 Å². The molecule has 3 fully saturated rings. The molecule has 45 heavy (non-hydrogen) atoms. The average molecular weight is 617 g/mol. The van der Waals surface area contributed by atoms with Gasteiger partial charge in [0.25, 0.3) is 5.91 Å². The number of halogens is 1. The number of amides is 2. The first-order valence-corrected chi connectivity index (χ1v) is 16.6. The normalized spacial score (nSPS) is 19.7. The highest BCUT2D eigenvalue weighted by atomic mass is 19.1. The summed E-state index contributed by atoms with van der Waals surface area (Å²) in [4.78, 5) is 35.1. The van der Waals surface area contributed by atoms with Crippen molar-refractivity contribution in [2.75, 3.05) is 39.4 Å². The average Bonchev–Trinajstić information content (AvgIpc) is 3.54. The van der Waals surface area contributed by atoms with E-state index in [0.29, 0.717) is 43.9 Å². The highest BCUT2D eigenvalue weighted by Gasteiger charge is 2.40. The number of rotatable bonds is 10. The fourth-order valence-electron chi connectivity index (χ4n) is 6.99. The molecule has 3 aromatic rings. The molecule has 2 aromatic carbocycles. The number of carbonyl (C=O) groups excluding carboxylic acids is 2. The Bertz CT molecular complexity index is 1380. The Hall–Kier alpha value is -3.53. The van der Waals surface area contributed by atoms with E-state index in [0.717, 1.165) is 58.4 Å². The molecule has 0 spiro atoms. The first-order chi connectivity index (χ1) is 22.0. The minimum Gasteiger partial charge on any atom is -0.455 e. The molecular weight excluding hydrogens is 571 g/mol. The fraction of sp³-hybridized carbons (Fsp3) is 0.500. The summed E-state index contributed by atoms with van der Waals surface area (Å²) >= 11 is 0. The highest BCUT2D eigenvalue weighted by molar-refractivity contribution is 5.96. The maximum atomic E-state index is 14.5. The van der Waals surface area contributed by atoms with Crippen LogP contribution in [0, 0.1) is 5.82 Å². The van der Waals surface area contributed by atoms with Crippen LogP contribution in [0.5, 0.6) is 0 Å². The molecule has 0 radical (unpaired) electrons. The van der Waals surface area contributed by atoms with Crippen LogP contribution in [0.2, 0.25) is 0 Å². The van der Waals surface area contributed by atoms with Gasteiger partial charge in [0.15, 0.2) is 5.76 Å². The lowest BCUT2D eigenvalue weighted by atomic mass is 9.93. The maximum Gasteiger partial charge on any atom is 0.290 e. The number of piperidine rings is 1. The Morgan fingerprint density at radius 1 is 0.822 bits per heavy atom. The van der Waals surface area contributed by atoms with Crippen molar-refractivity contribution in [1.82, 2.24) is 20.0 Å². The van der Waals surface area contributed by atoms with Gasteiger partial charge in [0.2, 0.25) is 5.91 Å². The number of ether oxygens (including phenoxy) is 1. The maximum absolute atomic E-state index is 14.5. The van der Waals surface area contributed by atoms with E-state index in [-0.39, 0.29) is 35.5 Å². The lowest BCUT2D eigenvalue weighted by molar-refractivity contribution is -0.128. The van der Waals surface area contributed by atoms with Crippen molar-refractivity contribution in [2.24, 2.45) is 0 Å². The van der Waals surface area contributed by atoms with E-state index in [9.17, 15) is 14.0 Å². The lowest BCUT2D eigenvalue weighted by Gasteiger charge is -2.42.